The maximum Gasteiger partial charge on any atom is 0.260 e. The highest BCUT2D eigenvalue weighted by Crippen LogP contribution is 2.15. The number of rotatable bonds is 5. The standard InChI is InChI=1S/C15H16ClNO3/c1-11-3-6-14(20-11)9-17(2)15(18)10-19-13-7-4-12(16)5-8-13/h3-8H,9-10H2,1-2H3. The molecule has 106 valence electrons. The summed E-state index contributed by atoms with van der Waals surface area (Å²) in [6, 6.07) is 10.6. The number of furan rings is 1. The molecular weight excluding hydrogens is 278 g/mol. The molecule has 5 heteroatoms. The van der Waals surface area contributed by atoms with Crippen LogP contribution in [-0.2, 0) is 11.3 Å². The summed E-state index contributed by atoms with van der Waals surface area (Å²) >= 11 is 5.78. The van der Waals surface area contributed by atoms with Crippen LogP contribution in [0.25, 0.3) is 0 Å². The lowest BCUT2D eigenvalue weighted by Gasteiger charge is -2.16. The predicted molar refractivity (Wildman–Crippen MR) is 76.9 cm³/mol. The first-order valence-corrected chi connectivity index (χ1v) is 6.60. The van der Waals surface area contributed by atoms with Crippen LogP contribution in [0.4, 0.5) is 0 Å². The number of amides is 1. The minimum atomic E-state index is -0.117. The van der Waals surface area contributed by atoms with E-state index in [0.29, 0.717) is 17.3 Å². The van der Waals surface area contributed by atoms with Crippen LogP contribution in [0.1, 0.15) is 11.5 Å². The average Bonchev–Trinajstić information content (AvgIpc) is 2.83. The first-order chi connectivity index (χ1) is 9.54. The molecule has 0 aliphatic rings. The highest BCUT2D eigenvalue weighted by Gasteiger charge is 2.12. The molecule has 0 radical (unpaired) electrons. The fraction of sp³-hybridized carbons (Fsp3) is 0.267. The number of aryl methyl sites for hydroxylation is 1. The fourth-order valence-electron chi connectivity index (χ4n) is 1.68. The molecular formula is C15H16ClNO3. The molecule has 0 aliphatic heterocycles. The largest absolute Gasteiger partial charge is 0.484 e. The Labute approximate surface area is 122 Å². The summed E-state index contributed by atoms with van der Waals surface area (Å²) in [6.07, 6.45) is 0. The van der Waals surface area contributed by atoms with Crippen molar-refractivity contribution in [3.05, 3.63) is 52.9 Å². The van der Waals surface area contributed by atoms with Gasteiger partial charge in [0.15, 0.2) is 6.61 Å². The van der Waals surface area contributed by atoms with Gasteiger partial charge in [0.05, 0.1) is 6.54 Å². The number of nitrogens with zero attached hydrogens (tertiary/aromatic N) is 1. The average molecular weight is 294 g/mol. The van der Waals surface area contributed by atoms with E-state index in [9.17, 15) is 4.79 Å². The number of hydrogen-bond acceptors (Lipinski definition) is 3. The molecule has 20 heavy (non-hydrogen) atoms. The second kappa shape index (κ2) is 6.48. The molecule has 0 saturated carbocycles. The van der Waals surface area contributed by atoms with Gasteiger partial charge in [-0.05, 0) is 43.3 Å². The van der Waals surface area contributed by atoms with Crippen molar-refractivity contribution in [2.24, 2.45) is 0 Å². The monoisotopic (exact) mass is 293 g/mol. The van der Waals surface area contributed by atoms with E-state index in [1.807, 2.05) is 19.1 Å². The third kappa shape index (κ3) is 4.03. The summed E-state index contributed by atoms with van der Waals surface area (Å²) in [5.74, 6) is 2.09. The minimum Gasteiger partial charge on any atom is -0.484 e. The third-order valence-corrected chi connectivity index (χ3v) is 3.04. The Kier molecular flexibility index (Phi) is 4.69. The van der Waals surface area contributed by atoms with Gasteiger partial charge in [-0.3, -0.25) is 4.79 Å². The van der Waals surface area contributed by atoms with Crippen molar-refractivity contribution in [3.63, 3.8) is 0 Å². The van der Waals surface area contributed by atoms with Crippen molar-refractivity contribution in [2.75, 3.05) is 13.7 Å². The molecule has 4 nitrogen and oxygen atoms in total. The summed E-state index contributed by atoms with van der Waals surface area (Å²) in [4.78, 5) is 13.5. The Morgan fingerprint density at radius 1 is 1.25 bits per heavy atom. The first-order valence-electron chi connectivity index (χ1n) is 6.22. The van der Waals surface area contributed by atoms with Crippen molar-refractivity contribution < 1.29 is 13.9 Å². The van der Waals surface area contributed by atoms with Crippen molar-refractivity contribution in [1.29, 1.82) is 0 Å². The molecule has 0 unspecified atom stereocenters. The van der Waals surface area contributed by atoms with E-state index in [1.165, 1.54) is 0 Å². The van der Waals surface area contributed by atoms with E-state index in [1.54, 1.807) is 36.2 Å². The number of benzene rings is 1. The molecule has 0 N–H and O–H groups in total. The molecule has 2 rings (SSSR count). The number of likely N-dealkylation sites (N-methyl/N-ethyl adjacent to an activating group) is 1. The van der Waals surface area contributed by atoms with Crippen LogP contribution in [0.3, 0.4) is 0 Å². The van der Waals surface area contributed by atoms with Crippen LogP contribution in [0.15, 0.2) is 40.8 Å². The van der Waals surface area contributed by atoms with Gasteiger partial charge in [-0.2, -0.15) is 0 Å². The number of carbonyl (C=O) groups excluding carboxylic acids is 1. The maximum atomic E-state index is 11.9. The molecule has 2 aromatic rings. The lowest BCUT2D eigenvalue weighted by atomic mass is 10.3. The lowest BCUT2D eigenvalue weighted by molar-refractivity contribution is -0.132. The Morgan fingerprint density at radius 3 is 2.55 bits per heavy atom. The first kappa shape index (κ1) is 14.5. The Balaban J connectivity index is 1.83. The van der Waals surface area contributed by atoms with Gasteiger partial charge < -0.3 is 14.1 Å². The van der Waals surface area contributed by atoms with Crippen LogP contribution in [0.2, 0.25) is 5.02 Å². The summed E-state index contributed by atoms with van der Waals surface area (Å²) in [7, 11) is 1.71. The zero-order valence-electron chi connectivity index (χ0n) is 11.4. The van der Waals surface area contributed by atoms with Gasteiger partial charge in [0.25, 0.3) is 5.91 Å². The third-order valence-electron chi connectivity index (χ3n) is 2.79. The van der Waals surface area contributed by atoms with Crippen LogP contribution >= 0.6 is 11.6 Å². The molecule has 1 heterocycles. The fourth-order valence-corrected chi connectivity index (χ4v) is 1.80. The topological polar surface area (TPSA) is 42.7 Å². The zero-order valence-corrected chi connectivity index (χ0v) is 12.2. The summed E-state index contributed by atoms with van der Waals surface area (Å²) in [6.45, 7) is 2.28. The van der Waals surface area contributed by atoms with Crippen molar-refractivity contribution in [1.82, 2.24) is 4.90 Å². The van der Waals surface area contributed by atoms with E-state index in [-0.39, 0.29) is 12.5 Å². The molecule has 1 aromatic heterocycles. The zero-order chi connectivity index (χ0) is 14.5. The second-order valence-electron chi connectivity index (χ2n) is 4.50. The summed E-state index contributed by atoms with van der Waals surface area (Å²) < 4.78 is 10.8. The van der Waals surface area contributed by atoms with Crippen molar-refractivity contribution >= 4 is 17.5 Å². The number of halogens is 1. The Hall–Kier alpha value is -1.94. The molecule has 0 saturated heterocycles. The van der Waals surface area contributed by atoms with E-state index in [2.05, 4.69) is 0 Å². The highest BCUT2D eigenvalue weighted by molar-refractivity contribution is 6.30. The number of ether oxygens (including phenoxy) is 1. The van der Waals surface area contributed by atoms with Gasteiger partial charge in [0.1, 0.15) is 17.3 Å². The minimum absolute atomic E-state index is 0.0160. The molecule has 0 atom stereocenters. The van der Waals surface area contributed by atoms with Crippen LogP contribution in [0, 0.1) is 6.92 Å². The molecule has 0 fully saturated rings. The molecule has 0 spiro atoms. The van der Waals surface area contributed by atoms with Gasteiger partial charge in [-0.15, -0.1) is 0 Å². The quantitative estimate of drug-likeness (QED) is 0.849. The maximum absolute atomic E-state index is 11.9. The smallest absolute Gasteiger partial charge is 0.260 e. The predicted octanol–water partition coefficient (Wildman–Crippen LogP) is 3.28. The second-order valence-corrected chi connectivity index (χ2v) is 4.94. The Bertz CT molecular complexity index is 577. The van der Waals surface area contributed by atoms with E-state index in [0.717, 1.165) is 11.5 Å². The van der Waals surface area contributed by atoms with Crippen LogP contribution < -0.4 is 4.74 Å². The highest BCUT2D eigenvalue weighted by atomic mass is 35.5. The van der Waals surface area contributed by atoms with Gasteiger partial charge >= 0.3 is 0 Å². The molecule has 1 amide bonds. The van der Waals surface area contributed by atoms with Gasteiger partial charge in [-0.25, -0.2) is 0 Å². The lowest BCUT2D eigenvalue weighted by Crippen LogP contribution is -2.30. The molecule has 0 aliphatic carbocycles. The summed E-state index contributed by atoms with van der Waals surface area (Å²) in [5.41, 5.74) is 0. The van der Waals surface area contributed by atoms with Crippen LogP contribution in [-0.4, -0.2) is 24.5 Å². The van der Waals surface area contributed by atoms with Gasteiger partial charge in [-0.1, -0.05) is 11.6 Å². The van der Waals surface area contributed by atoms with E-state index >= 15 is 0 Å². The molecule has 0 bridgehead atoms. The van der Waals surface area contributed by atoms with Gasteiger partial charge in [0, 0.05) is 12.1 Å². The SMILES string of the molecule is Cc1ccc(CN(C)C(=O)COc2ccc(Cl)cc2)o1. The molecule has 1 aromatic carbocycles. The number of carbonyl (C=O) groups is 1. The normalized spacial score (nSPS) is 10.3. The Morgan fingerprint density at radius 2 is 1.95 bits per heavy atom. The van der Waals surface area contributed by atoms with Crippen molar-refractivity contribution in [2.45, 2.75) is 13.5 Å². The summed E-state index contributed by atoms with van der Waals surface area (Å²) in [5, 5.41) is 0.633. The van der Waals surface area contributed by atoms with Crippen LogP contribution in [0.5, 0.6) is 5.75 Å². The van der Waals surface area contributed by atoms with E-state index in [4.69, 9.17) is 20.8 Å². The van der Waals surface area contributed by atoms with Gasteiger partial charge in [0.2, 0.25) is 0 Å². The number of hydrogen-bond donors (Lipinski definition) is 0. The van der Waals surface area contributed by atoms with E-state index < -0.39 is 0 Å². The van der Waals surface area contributed by atoms with Crippen molar-refractivity contribution in [3.8, 4) is 5.75 Å².